The quantitative estimate of drug-likeness (QED) is 0.551. The van der Waals surface area contributed by atoms with Crippen molar-refractivity contribution < 1.29 is 14.7 Å². The summed E-state index contributed by atoms with van der Waals surface area (Å²) >= 11 is 0. The molecular formula is C15H21N3O3. The van der Waals surface area contributed by atoms with Gasteiger partial charge in [0.25, 0.3) is 0 Å². The van der Waals surface area contributed by atoms with Gasteiger partial charge in [-0.25, -0.2) is 0 Å². The summed E-state index contributed by atoms with van der Waals surface area (Å²) in [5.74, 6) is -0.456. The Bertz CT molecular complexity index is 478. The molecule has 0 aromatic heterocycles. The van der Waals surface area contributed by atoms with Crippen molar-refractivity contribution in [2.45, 2.75) is 25.0 Å². The molecule has 1 fully saturated rings. The first kappa shape index (κ1) is 15.5. The standard InChI is InChI=1S/C15H21N3O3/c19-12-8-13(17-9-12)15(21)18-10-14(20)16-7-6-11-4-2-1-3-5-11/h1-5,12-13,17,19H,6-10H2,(H,16,20)(H,18,21). The predicted molar refractivity (Wildman–Crippen MR) is 78.6 cm³/mol. The normalized spacial score (nSPS) is 21.0. The highest BCUT2D eigenvalue weighted by Gasteiger charge is 2.27. The molecule has 0 radical (unpaired) electrons. The number of benzene rings is 1. The van der Waals surface area contributed by atoms with Crippen LogP contribution in [0.25, 0.3) is 0 Å². The molecule has 2 rings (SSSR count). The fourth-order valence-electron chi connectivity index (χ4n) is 2.26. The van der Waals surface area contributed by atoms with Gasteiger partial charge < -0.3 is 21.1 Å². The van der Waals surface area contributed by atoms with E-state index in [0.717, 1.165) is 12.0 Å². The Morgan fingerprint density at radius 3 is 2.67 bits per heavy atom. The third-order valence-electron chi connectivity index (χ3n) is 3.43. The zero-order valence-corrected chi connectivity index (χ0v) is 11.8. The number of aliphatic hydroxyl groups excluding tert-OH is 1. The topological polar surface area (TPSA) is 90.5 Å². The van der Waals surface area contributed by atoms with E-state index in [0.29, 0.717) is 19.5 Å². The summed E-state index contributed by atoms with van der Waals surface area (Å²) in [4.78, 5) is 23.3. The summed E-state index contributed by atoms with van der Waals surface area (Å²) < 4.78 is 0. The zero-order valence-electron chi connectivity index (χ0n) is 11.8. The number of carbonyl (C=O) groups excluding carboxylic acids is 2. The van der Waals surface area contributed by atoms with E-state index >= 15 is 0 Å². The third-order valence-corrected chi connectivity index (χ3v) is 3.43. The van der Waals surface area contributed by atoms with Crippen LogP contribution >= 0.6 is 0 Å². The number of β-amino-alcohol motifs (C(OH)–C–C–N with tert-alkyl or cyclic N) is 1. The molecule has 2 amide bonds. The first-order valence-electron chi connectivity index (χ1n) is 7.15. The Morgan fingerprint density at radius 2 is 2.00 bits per heavy atom. The van der Waals surface area contributed by atoms with Crippen LogP contribution < -0.4 is 16.0 Å². The van der Waals surface area contributed by atoms with Crippen molar-refractivity contribution in [2.24, 2.45) is 0 Å². The van der Waals surface area contributed by atoms with E-state index in [2.05, 4.69) is 16.0 Å². The van der Waals surface area contributed by atoms with Crippen LogP contribution in [0.15, 0.2) is 30.3 Å². The second-order valence-electron chi connectivity index (χ2n) is 5.15. The fraction of sp³-hybridized carbons (Fsp3) is 0.467. The average molecular weight is 291 g/mol. The maximum Gasteiger partial charge on any atom is 0.239 e. The van der Waals surface area contributed by atoms with Gasteiger partial charge in [0, 0.05) is 13.1 Å². The van der Waals surface area contributed by atoms with E-state index in [1.165, 1.54) is 0 Å². The van der Waals surface area contributed by atoms with E-state index < -0.39 is 12.1 Å². The van der Waals surface area contributed by atoms with E-state index in [1.807, 2.05) is 30.3 Å². The van der Waals surface area contributed by atoms with E-state index in [-0.39, 0.29) is 18.4 Å². The Balaban J connectivity index is 1.60. The van der Waals surface area contributed by atoms with Crippen molar-refractivity contribution in [3.8, 4) is 0 Å². The molecule has 1 aromatic carbocycles. The highest BCUT2D eigenvalue weighted by Crippen LogP contribution is 2.05. The number of carbonyl (C=O) groups is 2. The number of hydrogen-bond donors (Lipinski definition) is 4. The molecule has 2 atom stereocenters. The summed E-state index contributed by atoms with van der Waals surface area (Å²) in [6.07, 6.45) is 0.665. The number of hydrogen-bond acceptors (Lipinski definition) is 4. The molecule has 21 heavy (non-hydrogen) atoms. The lowest BCUT2D eigenvalue weighted by molar-refractivity contribution is -0.127. The first-order chi connectivity index (χ1) is 10.1. The molecule has 1 aromatic rings. The average Bonchev–Trinajstić information content (AvgIpc) is 2.92. The maximum absolute atomic E-state index is 11.7. The molecule has 1 heterocycles. The summed E-state index contributed by atoms with van der Waals surface area (Å²) in [6, 6.07) is 9.47. The molecule has 0 saturated carbocycles. The number of aliphatic hydroxyl groups is 1. The molecule has 1 aliphatic heterocycles. The van der Waals surface area contributed by atoms with Gasteiger partial charge in [0.1, 0.15) is 0 Å². The molecule has 0 bridgehead atoms. The van der Waals surface area contributed by atoms with E-state index in [9.17, 15) is 14.7 Å². The smallest absolute Gasteiger partial charge is 0.239 e. The van der Waals surface area contributed by atoms with Crippen molar-refractivity contribution in [3.63, 3.8) is 0 Å². The molecule has 6 nitrogen and oxygen atoms in total. The molecule has 6 heteroatoms. The largest absolute Gasteiger partial charge is 0.392 e. The maximum atomic E-state index is 11.7. The van der Waals surface area contributed by atoms with Crippen LogP contribution in [0.4, 0.5) is 0 Å². The minimum absolute atomic E-state index is 0.0398. The second-order valence-corrected chi connectivity index (χ2v) is 5.15. The minimum Gasteiger partial charge on any atom is -0.392 e. The van der Waals surface area contributed by atoms with E-state index in [1.54, 1.807) is 0 Å². The lowest BCUT2D eigenvalue weighted by Gasteiger charge is -2.11. The molecule has 0 aliphatic carbocycles. The van der Waals surface area contributed by atoms with Gasteiger partial charge in [0.15, 0.2) is 0 Å². The molecule has 4 N–H and O–H groups in total. The summed E-state index contributed by atoms with van der Waals surface area (Å²) in [5, 5.41) is 17.6. The first-order valence-corrected chi connectivity index (χ1v) is 7.15. The molecule has 2 unspecified atom stereocenters. The summed E-state index contributed by atoms with van der Waals surface area (Å²) in [6.45, 7) is 0.919. The Hall–Kier alpha value is -1.92. The van der Waals surface area contributed by atoms with Crippen LogP contribution in [0.5, 0.6) is 0 Å². The summed E-state index contributed by atoms with van der Waals surface area (Å²) in [5.41, 5.74) is 1.16. The Kier molecular flexibility index (Phi) is 5.71. The third kappa shape index (κ3) is 5.17. The van der Waals surface area contributed by atoms with Gasteiger partial charge in [-0.15, -0.1) is 0 Å². The van der Waals surface area contributed by atoms with Crippen molar-refractivity contribution in [1.29, 1.82) is 0 Å². The molecule has 0 spiro atoms. The van der Waals surface area contributed by atoms with Gasteiger partial charge >= 0.3 is 0 Å². The monoisotopic (exact) mass is 291 g/mol. The number of nitrogens with one attached hydrogen (secondary N) is 3. The fourth-order valence-corrected chi connectivity index (χ4v) is 2.26. The van der Waals surface area contributed by atoms with Crippen molar-refractivity contribution in [1.82, 2.24) is 16.0 Å². The van der Waals surface area contributed by atoms with Crippen molar-refractivity contribution in [2.75, 3.05) is 19.6 Å². The van der Waals surface area contributed by atoms with Gasteiger partial charge in [0.2, 0.25) is 11.8 Å². The van der Waals surface area contributed by atoms with Crippen LogP contribution in [0.3, 0.4) is 0 Å². The zero-order chi connectivity index (χ0) is 15.1. The number of rotatable bonds is 6. The van der Waals surface area contributed by atoms with Gasteiger partial charge in [-0.2, -0.15) is 0 Å². The highest BCUT2D eigenvalue weighted by molar-refractivity contribution is 5.87. The molecular weight excluding hydrogens is 270 g/mol. The lowest BCUT2D eigenvalue weighted by atomic mass is 10.1. The van der Waals surface area contributed by atoms with Gasteiger partial charge in [-0.3, -0.25) is 9.59 Å². The second kappa shape index (κ2) is 7.75. The predicted octanol–water partition coefficient (Wildman–Crippen LogP) is -0.816. The van der Waals surface area contributed by atoms with Gasteiger partial charge in [-0.05, 0) is 18.4 Å². The number of amides is 2. The lowest BCUT2D eigenvalue weighted by Crippen LogP contribution is -2.44. The van der Waals surface area contributed by atoms with Crippen LogP contribution in [0.1, 0.15) is 12.0 Å². The van der Waals surface area contributed by atoms with Crippen LogP contribution in [-0.2, 0) is 16.0 Å². The SMILES string of the molecule is O=C(CNC(=O)C1CC(O)CN1)NCCc1ccccc1. The Morgan fingerprint density at radius 1 is 1.24 bits per heavy atom. The van der Waals surface area contributed by atoms with Gasteiger partial charge in [0.05, 0.1) is 18.7 Å². The van der Waals surface area contributed by atoms with Crippen LogP contribution in [0.2, 0.25) is 0 Å². The van der Waals surface area contributed by atoms with Gasteiger partial charge in [-0.1, -0.05) is 30.3 Å². The Labute approximate surface area is 123 Å². The molecule has 1 aliphatic rings. The molecule has 114 valence electrons. The van der Waals surface area contributed by atoms with Crippen LogP contribution in [-0.4, -0.2) is 48.7 Å². The van der Waals surface area contributed by atoms with E-state index in [4.69, 9.17) is 0 Å². The van der Waals surface area contributed by atoms with Crippen molar-refractivity contribution in [3.05, 3.63) is 35.9 Å². The summed E-state index contributed by atoms with van der Waals surface area (Å²) in [7, 11) is 0. The van der Waals surface area contributed by atoms with Crippen molar-refractivity contribution >= 4 is 11.8 Å². The minimum atomic E-state index is -0.486. The molecule has 1 saturated heterocycles. The van der Waals surface area contributed by atoms with Crippen LogP contribution in [0, 0.1) is 0 Å². The highest BCUT2D eigenvalue weighted by atomic mass is 16.3.